The largest absolute Gasteiger partial charge is 0.394 e. The molecule has 3 nitrogen and oxygen atoms in total. The lowest BCUT2D eigenvalue weighted by molar-refractivity contribution is 0.105. The van der Waals surface area contributed by atoms with Crippen molar-refractivity contribution < 1.29 is 5.11 Å². The second kappa shape index (κ2) is 5.16. The molecule has 2 rings (SSSR count). The number of nitrogens with zero attached hydrogens (tertiary/aromatic N) is 1. The molecule has 0 aromatic carbocycles. The summed E-state index contributed by atoms with van der Waals surface area (Å²) in [5.41, 5.74) is -0.0810. The van der Waals surface area contributed by atoms with Crippen molar-refractivity contribution >= 4 is 0 Å². The number of nitrogens with one attached hydrogen (secondary N) is 1. The Labute approximate surface area is 97.8 Å². The lowest BCUT2D eigenvalue weighted by Crippen LogP contribution is -2.54. The van der Waals surface area contributed by atoms with E-state index in [2.05, 4.69) is 11.4 Å². The van der Waals surface area contributed by atoms with Gasteiger partial charge in [-0.1, -0.05) is 25.7 Å². The minimum Gasteiger partial charge on any atom is -0.394 e. The zero-order chi connectivity index (χ0) is 11.4. The molecule has 0 amide bonds. The van der Waals surface area contributed by atoms with E-state index in [1.165, 1.54) is 19.3 Å². The highest BCUT2D eigenvalue weighted by Gasteiger charge is 2.37. The van der Waals surface area contributed by atoms with Gasteiger partial charge in [-0.25, -0.2) is 0 Å². The van der Waals surface area contributed by atoms with Crippen LogP contribution in [0.2, 0.25) is 0 Å². The molecule has 0 radical (unpaired) electrons. The van der Waals surface area contributed by atoms with Gasteiger partial charge in [0.15, 0.2) is 0 Å². The first-order chi connectivity index (χ1) is 7.79. The average Bonchev–Trinajstić information content (AvgIpc) is 2.77. The Morgan fingerprint density at radius 3 is 2.56 bits per heavy atom. The zero-order valence-corrected chi connectivity index (χ0v) is 9.91. The van der Waals surface area contributed by atoms with Crippen LogP contribution in [0.5, 0.6) is 0 Å². The van der Waals surface area contributed by atoms with E-state index in [0.717, 1.165) is 32.1 Å². The summed E-state index contributed by atoms with van der Waals surface area (Å²) < 4.78 is 0. The summed E-state index contributed by atoms with van der Waals surface area (Å²) in [7, 11) is 0. The minimum atomic E-state index is -0.0810. The molecule has 2 atom stereocenters. The van der Waals surface area contributed by atoms with Gasteiger partial charge in [0.25, 0.3) is 0 Å². The van der Waals surface area contributed by atoms with Crippen LogP contribution in [0.4, 0.5) is 0 Å². The minimum absolute atomic E-state index is 0.0810. The average molecular weight is 222 g/mol. The Bertz CT molecular complexity index is 266. The van der Waals surface area contributed by atoms with Gasteiger partial charge in [0, 0.05) is 11.6 Å². The number of hydrogen-bond acceptors (Lipinski definition) is 3. The predicted molar refractivity (Wildman–Crippen MR) is 62.8 cm³/mol. The zero-order valence-electron chi connectivity index (χ0n) is 9.91. The molecule has 2 fully saturated rings. The molecule has 2 N–H and O–H groups in total. The van der Waals surface area contributed by atoms with Gasteiger partial charge in [-0.3, -0.25) is 0 Å². The molecule has 0 bridgehead atoms. The molecule has 2 aliphatic rings. The fraction of sp³-hybridized carbons (Fsp3) is 0.923. The Balaban J connectivity index is 1.98. The van der Waals surface area contributed by atoms with Crippen molar-refractivity contribution in [2.24, 2.45) is 5.92 Å². The van der Waals surface area contributed by atoms with Crippen LogP contribution in [0.25, 0.3) is 0 Å². The molecule has 0 saturated heterocycles. The molecule has 90 valence electrons. The Morgan fingerprint density at radius 2 is 1.94 bits per heavy atom. The van der Waals surface area contributed by atoms with Gasteiger partial charge in [0.05, 0.1) is 18.6 Å². The summed E-state index contributed by atoms with van der Waals surface area (Å²) in [4.78, 5) is 0. The van der Waals surface area contributed by atoms with E-state index in [-0.39, 0.29) is 18.1 Å². The molecule has 3 heteroatoms. The summed E-state index contributed by atoms with van der Waals surface area (Å²) in [6, 6.07) is 2.72. The van der Waals surface area contributed by atoms with Gasteiger partial charge in [-0.15, -0.1) is 0 Å². The topological polar surface area (TPSA) is 56.0 Å². The summed E-state index contributed by atoms with van der Waals surface area (Å²) in [6.45, 7) is 0.224. The van der Waals surface area contributed by atoms with Gasteiger partial charge >= 0.3 is 0 Å². The highest BCUT2D eigenvalue weighted by atomic mass is 16.3. The van der Waals surface area contributed by atoms with Crippen molar-refractivity contribution in [3.8, 4) is 6.07 Å². The standard InChI is InChI=1S/C13H22N2O/c14-9-11-5-4-6-12(11)15-13(10-16)7-2-1-3-8-13/h11-12,15-16H,1-8,10H2. The molecule has 2 saturated carbocycles. The first-order valence-corrected chi connectivity index (χ1v) is 6.58. The maximum Gasteiger partial charge on any atom is 0.0672 e. The molecule has 0 aromatic rings. The molecule has 0 aromatic heterocycles. The summed E-state index contributed by atoms with van der Waals surface area (Å²) in [5, 5.41) is 22.3. The highest BCUT2D eigenvalue weighted by Crippen LogP contribution is 2.32. The maximum atomic E-state index is 9.62. The number of aliphatic hydroxyl groups excluding tert-OH is 1. The van der Waals surface area contributed by atoms with Crippen molar-refractivity contribution in [2.75, 3.05) is 6.61 Å². The number of nitriles is 1. The molecule has 2 aliphatic carbocycles. The summed E-state index contributed by atoms with van der Waals surface area (Å²) in [6.07, 6.45) is 9.11. The lowest BCUT2D eigenvalue weighted by atomic mass is 9.81. The van der Waals surface area contributed by atoms with E-state index in [9.17, 15) is 5.11 Å². The smallest absolute Gasteiger partial charge is 0.0672 e. The summed E-state index contributed by atoms with van der Waals surface area (Å²) >= 11 is 0. The van der Waals surface area contributed by atoms with Crippen LogP contribution in [0, 0.1) is 17.2 Å². The third kappa shape index (κ3) is 2.39. The normalized spacial score (nSPS) is 33.5. The summed E-state index contributed by atoms with van der Waals surface area (Å²) in [5.74, 6) is 0.158. The van der Waals surface area contributed by atoms with Gasteiger partial charge in [0.2, 0.25) is 0 Å². The van der Waals surface area contributed by atoms with Crippen LogP contribution in [0.15, 0.2) is 0 Å². The molecule has 0 spiro atoms. The third-order valence-corrected chi connectivity index (χ3v) is 4.29. The monoisotopic (exact) mass is 222 g/mol. The van der Waals surface area contributed by atoms with Crippen LogP contribution in [-0.4, -0.2) is 23.3 Å². The van der Waals surface area contributed by atoms with E-state index < -0.39 is 0 Å². The van der Waals surface area contributed by atoms with Crippen molar-refractivity contribution in [2.45, 2.75) is 62.9 Å². The van der Waals surface area contributed by atoms with Crippen molar-refractivity contribution in [1.82, 2.24) is 5.32 Å². The fourth-order valence-corrected chi connectivity index (χ4v) is 3.26. The first kappa shape index (κ1) is 11.9. The van der Waals surface area contributed by atoms with E-state index >= 15 is 0 Å². The second-order valence-corrected chi connectivity index (χ2v) is 5.42. The molecular weight excluding hydrogens is 200 g/mol. The molecule has 16 heavy (non-hydrogen) atoms. The van der Waals surface area contributed by atoms with Crippen molar-refractivity contribution in [3.05, 3.63) is 0 Å². The Hall–Kier alpha value is -0.590. The van der Waals surface area contributed by atoms with Crippen LogP contribution in [0.3, 0.4) is 0 Å². The van der Waals surface area contributed by atoms with E-state index in [1.54, 1.807) is 0 Å². The van der Waals surface area contributed by atoms with Crippen molar-refractivity contribution in [1.29, 1.82) is 5.26 Å². The number of aliphatic hydroxyl groups is 1. The van der Waals surface area contributed by atoms with Crippen LogP contribution < -0.4 is 5.32 Å². The van der Waals surface area contributed by atoms with Crippen LogP contribution in [0.1, 0.15) is 51.4 Å². The Kier molecular flexibility index (Phi) is 3.83. The van der Waals surface area contributed by atoms with E-state index in [0.29, 0.717) is 6.04 Å². The molecule has 2 unspecified atom stereocenters. The molecule has 0 aliphatic heterocycles. The fourth-order valence-electron chi connectivity index (χ4n) is 3.26. The quantitative estimate of drug-likeness (QED) is 0.767. The number of hydrogen-bond donors (Lipinski definition) is 2. The van der Waals surface area contributed by atoms with Crippen LogP contribution >= 0.6 is 0 Å². The van der Waals surface area contributed by atoms with Gasteiger partial charge in [0.1, 0.15) is 0 Å². The van der Waals surface area contributed by atoms with E-state index in [4.69, 9.17) is 5.26 Å². The highest BCUT2D eigenvalue weighted by molar-refractivity contribution is 5.01. The predicted octanol–water partition coefficient (Wildman–Crippen LogP) is 1.96. The van der Waals surface area contributed by atoms with Crippen molar-refractivity contribution in [3.63, 3.8) is 0 Å². The molecule has 0 heterocycles. The second-order valence-electron chi connectivity index (χ2n) is 5.42. The third-order valence-electron chi connectivity index (χ3n) is 4.29. The lowest BCUT2D eigenvalue weighted by Gasteiger charge is -2.39. The van der Waals surface area contributed by atoms with Gasteiger partial charge < -0.3 is 10.4 Å². The number of rotatable bonds is 3. The SMILES string of the molecule is N#CC1CCCC1NC1(CO)CCCCC1. The van der Waals surface area contributed by atoms with Crippen LogP contribution in [-0.2, 0) is 0 Å². The molecular formula is C13H22N2O. The van der Waals surface area contributed by atoms with E-state index in [1.807, 2.05) is 0 Å². The Morgan fingerprint density at radius 1 is 1.19 bits per heavy atom. The maximum absolute atomic E-state index is 9.62. The first-order valence-electron chi connectivity index (χ1n) is 6.58. The van der Waals surface area contributed by atoms with Gasteiger partial charge in [-0.2, -0.15) is 5.26 Å². The van der Waals surface area contributed by atoms with Gasteiger partial charge in [-0.05, 0) is 25.7 Å².